The molecule has 0 fully saturated rings. The van der Waals surface area contributed by atoms with Gasteiger partial charge in [0.25, 0.3) is 5.85 Å². The highest BCUT2D eigenvalue weighted by molar-refractivity contribution is 5.10. The minimum atomic E-state index is -1.67. The molecular formula is C9H13FO. The van der Waals surface area contributed by atoms with Crippen molar-refractivity contribution in [1.29, 1.82) is 0 Å². The van der Waals surface area contributed by atoms with Gasteiger partial charge >= 0.3 is 0 Å². The van der Waals surface area contributed by atoms with E-state index in [1.165, 1.54) is 7.11 Å². The van der Waals surface area contributed by atoms with Gasteiger partial charge < -0.3 is 4.74 Å². The predicted octanol–water partition coefficient (Wildman–Crippen LogP) is 2.27. The average molecular weight is 156 g/mol. The molecule has 62 valence electrons. The summed E-state index contributed by atoms with van der Waals surface area (Å²) in [5, 5.41) is 0. The van der Waals surface area contributed by atoms with Crippen LogP contribution in [0.4, 0.5) is 4.39 Å². The highest BCUT2D eigenvalue weighted by Crippen LogP contribution is 2.21. The molecule has 0 saturated heterocycles. The molecule has 0 radical (unpaired) electrons. The van der Waals surface area contributed by atoms with Gasteiger partial charge in [-0.25, -0.2) is 0 Å². The highest BCUT2D eigenvalue weighted by atomic mass is 19.2. The maximum Gasteiger partial charge on any atom is 0.271 e. The third kappa shape index (κ3) is 2.51. The van der Waals surface area contributed by atoms with Crippen LogP contribution in [0.15, 0.2) is 0 Å². The van der Waals surface area contributed by atoms with Gasteiger partial charge in [0.2, 0.25) is 0 Å². The van der Waals surface area contributed by atoms with Crippen molar-refractivity contribution in [3.8, 4) is 11.8 Å². The first-order valence-corrected chi connectivity index (χ1v) is 4.01. The second-order valence-electron chi connectivity index (χ2n) is 2.80. The molecule has 2 heteroatoms. The van der Waals surface area contributed by atoms with Gasteiger partial charge in [-0.05, 0) is 18.8 Å². The minimum Gasteiger partial charge on any atom is -0.340 e. The topological polar surface area (TPSA) is 9.23 Å². The van der Waals surface area contributed by atoms with E-state index in [4.69, 9.17) is 0 Å². The molecule has 0 bridgehead atoms. The zero-order valence-electron chi connectivity index (χ0n) is 6.82. The van der Waals surface area contributed by atoms with Crippen molar-refractivity contribution >= 4 is 0 Å². The summed E-state index contributed by atoms with van der Waals surface area (Å²) in [6.45, 7) is 0. The van der Waals surface area contributed by atoms with E-state index < -0.39 is 5.85 Å². The number of rotatable bonds is 1. The van der Waals surface area contributed by atoms with Crippen LogP contribution in [0.2, 0.25) is 0 Å². The number of ether oxygens (including phenoxy) is 1. The Morgan fingerprint density at radius 1 is 1.36 bits per heavy atom. The molecule has 1 atom stereocenters. The van der Waals surface area contributed by atoms with Crippen LogP contribution < -0.4 is 0 Å². The van der Waals surface area contributed by atoms with Gasteiger partial charge in [0.1, 0.15) is 0 Å². The lowest BCUT2D eigenvalue weighted by molar-refractivity contribution is -0.0778. The molecule has 11 heavy (non-hydrogen) atoms. The summed E-state index contributed by atoms with van der Waals surface area (Å²) in [5.74, 6) is 3.62. The van der Waals surface area contributed by atoms with Gasteiger partial charge in [-0.15, -0.1) is 0 Å². The highest BCUT2D eigenvalue weighted by Gasteiger charge is 2.25. The van der Waals surface area contributed by atoms with Crippen LogP contribution in [0.25, 0.3) is 0 Å². The molecule has 1 unspecified atom stereocenters. The molecule has 0 heterocycles. The first-order valence-electron chi connectivity index (χ1n) is 4.01. The van der Waals surface area contributed by atoms with E-state index in [0.717, 1.165) is 25.7 Å². The van der Waals surface area contributed by atoms with Gasteiger partial charge in [-0.3, -0.25) is 0 Å². The molecule has 1 aliphatic carbocycles. The minimum absolute atomic E-state index is 0.413. The van der Waals surface area contributed by atoms with E-state index in [2.05, 4.69) is 16.6 Å². The smallest absolute Gasteiger partial charge is 0.271 e. The van der Waals surface area contributed by atoms with Crippen LogP contribution in [0, 0.1) is 11.8 Å². The second-order valence-corrected chi connectivity index (χ2v) is 2.80. The Bertz CT molecular complexity index is 180. The molecule has 0 saturated carbocycles. The van der Waals surface area contributed by atoms with Crippen LogP contribution in [-0.4, -0.2) is 13.0 Å². The number of alkyl halides is 1. The summed E-state index contributed by atoms with van der Waals surface area (Å²) in [7, 11) is 1.37. The van der Waals surface area contributed by atoms with Crippen molar-refractivity contribution in [2.75, 3.05) is 7.11 Å². The summed E-state index contributed by atoms with van der Waals surface area (Å²) in [6, 6.07) is 0. The number of hydrogen-bond donors (Lipinski definition) is 0. The van der Waals surface area contributed by atoms with Crippen molar-refractivity contribution < 1.29 is 9.13 Å². The number of methoxy groups -OCH3 is 1. The zero-order chi connectivity index (χ0) is 8.16. The first kappa shape index (κ1) is 8.55. The molecule has 0 spiro atoms. The molecule has 0 aromatic carbocycles. The molecule has 0 aromatic rings. The molecular weight excluding hydrogens is 143 g/mol. The fraction of sp³-hybridized carbons (Fsp3) is 0.778. The Morgan fingerprint density at radius 3 is 2.91 bits per heavy atom. The molecule has 1 aliphatic rings. The Morgan fingerprint density at radius 2 is 2.18 bits per heavy atom. The summed E-state index contributed by atoms with van der Waals surface area (Å²) in [5.41, 5.74) is 0. The number of hydrogen-bond acceptors (Lipinski definition) is 1. The van der Waals surface area contributed by atoms with Crippen molar-refractivity contribution in [1.82, 2.24) is 0 Å². The van der Waals surface area contributed by atoms with Crippen LogP contribution >= 0.6 is 0 Å². The Kier molecular flexibility index (Phi) is 2.90. The summed E-state index contributed by atoms with van der Waals surface area (Å²) in [4.78, 5) is 0. The van der Waals surface area contributed by atoms with E-state index >= 15 is 0 Å². The normalized spacial score (nSPS) is 31.5. The van der Waals surface area contributed by atoms with E-state index in [9.17, 15) is 4.39 Å². The number of halogens is 1. The van der Waals surface area contributed by atoms with Crippen LogP contribution in [-0.2, 0) is 4.74 Å². The molecule has 1 nitrogen and oxygen atoms in total. The Balaban J connectivity index is 2.60. The molecule has 0 aromatic heterocycles. The monoisotopic (exact) mass is 156 g/mol. The third-order valence-electron chi connectivity index (χ3n) is 1.90. The van der Waals surface area contributed by atoms with E-state index in [0.29, 0.717) is 6.42 Å². The standard InChI is InChI=1S/C9H13FO/c1-11-9(10)7-5-3-2-4-6-8-9/h2-5,7H2,1H3. The lowest BCUT2D eigenvalue weighted by Gasteiger charge is -2.18. The lowest BCUT2D eigenvalue weighted by Crippen LogP contribution is -2.23. The van der Waals surface area contributed by atoms with Crippen molar-refractivity contribution in [3.63, 3.8) is 0 Å². The van der Waals surface area contributed by atoms with Gasteiger partial charge in [-0.1, -0.05) is 12.3 Å². The lowest BCUT2D eigenvalue weighted by atomic mass is 10.0. The average Bonchev–Trinajstić information content (AvgIpc) is 1.98. The second kappa shape index (κ2) is 3.73. The SMILES string of the molecule is COC1(F)C#CCCCCC1. The maximum absolute atomic E-state index is 13.3. The Hall–Kier alpha value is -0.550. The van der Waals surface area contributed by atoms with Crippen molar-refractivity contribution in [2.45, 2.75) is 38.0 Å². The van der Waals surface area contributed by atoms with Gasteiger partial charge in [0.05, 0.1) is 0 Å². The van der Waals surface area contributed by atoms with E-state index in [1.807, 2.05) is 0 Å². The van der Waals surface area contributed by atoms with Gasteiger partial charge in [0.15, 0.2) is 0 Å². The first-order chi connectivity index (χ1) is 5.27. The summed E-state index contributed by atoms with van der Waals surface area (Å²) in [6.07, 6.45) is 4.24. The molecule has 0 aliphatic heterocycles. The molecule has 0 amide bonds. The van der Waals surface area contributed by atoms with Gasteiger partial charge in [0, 0.05) is 20.0 Å². The Labute approximate surface area is 66.9 Å². The quantitative estimate of drug-likeness (QED) is 0.529. The third-order valence-corrected chi connectivity index (χ3v) is 1.90. The van der Waals surface area contributed by atoms with Crippen molar-refractivity contribution in [3.05, 3.63) is 0 Å². The van der Waals surface area contributed by atoms with E-state index in [1.54, 1.807) is 0 Å². The molecule has 0 N–H and O–H groups in total. The fourth-order valence-corrected chi connectivity index (χ4v) is 1.15. The summed E-state index contributed by atoms with van der Waals surface area (Å²) >= 11 is 0. The fourth-order valence-electron chi connectivity index (χ4n) is 1.15. The molecule has 1 rings (SSSR count). The zero-order valence-corrected chi connectivity index (χ0v) is 6.82. The largest absolute Gasteiger partial charge is 0.340 e. The predicted molar refractivity (Wildman–Crippen MR) is 41.7 cm³/mol. The maximum atomic E-state index is 13.3. The van der Waals surface area contributed by atoms with Crippen LogP contribution in [0.3, 0.4) is 0 Å². The van der Waals surface area contributed by atoms with Crippen molar-refractivity contribution in [2.24, 2.45) is 0 Å². The van der Waals surface area contributed by atoms with Crippen LogP contribution in [0.1, 0.15) is 32.1 Å². The summed E-state index contributed by atoms with van der Waals surface area (Å²) < 4.78 is 18.0. The van der Waals surface area contributed by atoms with E-state index in [-0.39, 0.29) is 0 Å². The van der Waals surface area contributed by atoms with Gasteiger partial charge in [-0.2, -0.15) is 4.39 Å². The van der Waals surface area contributed by atoms with Crippen LogP contribution in [0.5, 0.6) is 0 Å².